The number of urea groups is 1. The minimum atomic E-state index is -0.556. The van der Waals surface area contributed by atoms with Gasteiger partial charge in [0.1, 0.15) is 0 Å². The largest absolute Gasteiger partial charge is 0.361 e. The van der Waals surface area contributed by atoms with Crippen LogP contribution < -0.4 is 10.6 Å². The van der Waals surface area contributed by atoms with E-state index < -0.39 is 11.9 Å². The minimum absolute atomic E-state index is 0.428. The molecule has 3 N–H and O–H groups in total. The van der Waals surface area contributed by atoms with Crippen molar-refractivity contribution in [1.82, 2.24) is 10.3 Å². The van der Waals surface area contributed by atoms with Crippen LogP contribution in [0.25, 0.3) is 10.9 Å². The number of H-pyrrole nitrogens is 1. The van der Waals surface area contributed by atoms with Gasteiger partial charge in [-0.3, -0.25) is 10.1 Å². The van der Waals surface area contributed by atoms with Gasteiger partial charge in [-0.05, 0) is 65.4 Å². The Morgan fingerprint density at radius 3 is 2.74 bits per heavy atom. The Kier molecular flexibility index (Phi) is 4.33. The lowest BCUT2D eigenvalue weighted by atomic mass is 10.1. The molecule has 0 aliphatic rings. The van der Waals surface area contributed by atoms with Gasteiger partial charge in [-0.2, -0.15) is 0 Å². The molecule has 0 radical (unpaired) electrons. The van der Waals surface area contributed by atoms with E-state index in [0.717, 1.165) is 20.0 Å². The molecular formula is C17H14IN3O2. The quantitative estimate of drug-likeness (QED) is 0.549. The Balaban J connectivity index is 1.71. The van der Waals surface area contributed by atoms with Gasteiger partial charge in [-0.25, -0.2) is 4.79 Å². The summed E-state index contributed by atoms with van der Waals surface area (Å²) in [5, 5.41) is 6.03. The molecule has 1 heterocycles. The molecule has 0 saturated heterocycles. The van der Waals surface area contributed by atoms with Crippen LogP contribution in [0.3, 0.4) is 0 Å². The van der Waals surface area contributed by atoms with Crippen LogP contribution in [0.4, 0.5) is 10.5 Å². The van der Waals surface area contributed by atoms with E-state index in [9.17, 15) is 9.59 Å². The lowest BCUT2D eigenvalue weighted by Gasteiger charge is -2.07. The maximum absolute atomic E-state index is 12.2. The molecule has 1 aromatic heterocycles. The lowest BCUT2D eigenvalue weighted by molar-refractivity contribution is 0.0967. The van der Waals surface area contributed by atoms with Gasteiger partial charge in [0.25, 0.3) is 5.91 Å². The summed E-state index contributed by atoms with van der Waals surface area (Å²) < 4.78 is 0.999. The van der Waals surface area contributed by atoms with Crippen molar-refractivity contribution in [2.24, 2.45) is 0 Å². The molecule has 0 spiro atoms. The van der Waals surface area contributed by atoms with Crippen molar-refractivity contribution in [2.75, 3.05) is 5.32 Å². The van der Waals surface area contributed by atoms with E-state index in [1.165, 1.54) is 0 Å². The summed E-state index contributed by atoms with van der Waals surface area (Å²) in [5.41, 5.74) is 3.05. The second-order valence-electron chi connectivity index (χ2n) is 5.15. The van der Waals surface area contributed by atoms with Gasteiger partial charge < -0.3 is 10.3 Å². The van der Waals surface area contributed by atoms with Gasteiger partial charge in [0, 0.05) is 31.9 Å². The molecule has 0 fully saturated rings. The number of nitrogens with one attached hydrogen (secondary N) is 3. The molecule has 3 rings (SSSR count). The number of carbonyl (C=O) groups is 2. The summed E-state index contributed by atoms with van der Waals surface area (Å²) in [7, 11) is 0. The molecule has 0 unspecified atom stereocenters. The monoisotopic (exact) mass is 419 g/mol. The number of halogens is 1. The van der Waals surface area contributed by atoms with Gasteiger partial charge in [-0.1, -0.05) is 12.1 Å². The van der Waals surface area contributed by atoms with E-state index in [1.807, 2.05) is 37.4 Å². The number of anilines is 1. The van der Waals surface area contributed by atoms with E-state index in [2.05, 4.69) is 38.2 Å². The summed E-state index contributed by atoms with van der Waals surface area (Å²) in [6.07, 6.45) is 1.89. The molecule has 0 atom stereocenters. The predicted molar refractivity (Wildman–Crippen MR) is 98.7 cm³/mol. The number of carbonyl (C=O) groups excluding carboxylic acids is 2. The van der Waals surface area contributed by atoms with Crippen LogP contribution in [0.5, 0.6) is 0 Å². The fraction of sp³-hybridized carbons (Fsp3) is 0.0588. The molecule has 3 aromatic rings. The number of aryl methyl sites for hydroxylation is 1. The summed E-state index contributed by atoms with van der Waals surface area (Å²) in [5.74, 6) is -0.442. The van der Waals surface area contributed by atoms with Gasteiger partial charge in [0.2, 0.25) is 0 Å². The number of rotatable bonds is 2. The molecule has 0 aliphatic heterocycles. The molecule has 23 heavy (non-hydrogen) atoms. The first kappa shape index (κ1) is 15.5. The average Bonchev–Trinajstić information content (AvgIpc) is 2.88. The maximum atomic E-state index is 12.2. The highest BCUT2D eigenvalue weighted by Gasteiger charge is 2.12. The first-order valence-electron chi connectivity index (χ1n) is 6.98. The summed E-state index contributed by atoms with van der Waals surface area (Å²) >= 11 is 2.15. The number of aromatic amines is 1. The van der Waals surface area contributed by atoms with Crippen LogP contribution in [-0.4, -0.2) is 16.9 Å². The van der Waals surface area contributed by atoms with E-state index in [4.69, 9.17) is 0 Å². The number of aromatic nitrogens is 1. The zero-order valence-corrected chi connectivity index (χ0v) is 14.5. The smallest absolute Gasteiger partial charge is 0.326 e. The number of amides is 3. The van der Waals surface area contributed by atoms with Gasteiger partial charge in [0.15, 0.2) is 0 Å². The van der Waals surface area contributed by atoms with Crippen molar-refractivity contribution in [3.8, 4) is 0 Å². The first-order chi connectivity index (χ1) is 11.0. The number of fused-ring (bicyclic) bond motifs is 1. The normalized spacial score (nSPS) is 10.5. The molecule has 6 heteroatoms. The van der Waals surface area contributed by atoms with Crippen LogP contribution in [-0.2, 0) is 0 Å². The Morgan fingerprint density at radius 2 is 1.96 bits per heavy atom. The highest BCUT2D eigenvalue weighted by molar-refractivity contribution is 14.1. The van der Waals surface area contributed by atoms with Crippen molar-refractivity contribution in [3.63, 3.8) is 0 Å². The standard InChI is InChI=1S/C17H14IN3O2/c1-10-9-19-15-7-11(5-6-14(10)15)16(22)21-17(23)20-13-4-2-3-12(18)8-13/h2-9,19H,1H3,(H2,20,21,22,23). The summed E-state index contributed by atoms with van der Waals surface area (Å²) in [6, 6.07) is 12.1. The minimum Gasteiger partial charge on any atom is -0.361 e. The van der Waals surface area contributed by atoms with E-state index in [1.54, 1.807) is 18.2 Å². The highest BCUT2D eigenvalue weighted by Crippen LogP contribution is 2.18. The fourth-order valence-electron chi connectivity index (χ4n) is 2.32. The lowest BCUT2D eigenvalue weighted by Crippen LogP contribution is -2.34. The third kappa shape index (κ3) is 3.53. The van der Waals surface area contributed by atoms with E-state index in [0.29, 0.717) is 11.3 Å². The van der Waals surface area contributed by atoms with Gasteiger partial charge in [0.05, 0.1) is 0 Å². The summed E-state index contributed by atoms with van der Waals surface area (Å²) in [4.78, 5) is 27.2. The third-order valence-corrected chi connectivity index (χ3v) is 4.13. The zero-order valence-electron chi connectivity index (χ0n) is 12.3. The molecule has 0 aliphatic carbocycles. The highest BCUT2D eigenvalue weighted by atomic mass is 127. The molecule has 0 bridgehead atoms. The summed E-state index contributed by atoms with van der Waals surface area (Å²) in [6.45, 7) is 1.99. The molecule has 0 saturated carbocycles. The molecule has 5 nitrogen and oxygen atoms in total. The van der Waals surface area contributed by atoms with Crippen molar-refractivity contribution >= 4 is 51.1 Å². The van der Waals surface area contributed by atoms with Crippen LogP contribution in [0, 0.1) is 10.5 Å². The Hall–Kier alpha value is -2.35. The first-order valence-corrected chi connectivity index (χ1v) is 8.06. The van der Waals surface area contributed by atoms with Crippen molar-refractivity contribution in [3.05, 3.63) is 63.4 Å². The maximum Gasteiger partial charge on any atom is 0.326 e. The molecule has 116 valence electrons. The SMILES string of the molecule is Cc1c[nH]c2cc(C(=O)NC(=O)Nc3cccc(I)c3)ccc12. The van der Waals surface area contributed by atoms with Gasteiger partial charge >= 0.3 is 6.03 Å². The molecular weight excluding hydrogens is 405 g/mol. The topological polar surface area (TPSA) is 74.0 Å². The zero-order chi connectivity index (χ0) is 16.4. The van der Waals surface area contributed by atoms with Crippen LogP contribution in [0.2, 0.25) is 0 Å². The van der Waals surface area contributed by atoms with Crippen LogP contribution in [0.15, 0.2) is 48.7 Å². The average molecular weight is 419 g/mol. The Labute approximate surface area is 146 Å². The number of hydrogen-bond donors (Lipinski definition) is 3. The van der Waals surface area contributed by atoms with E-state index >= 15 is 0 Å². The fourth-order valence-corrected chi connectivity index (χ4v) is 2.86. The van der Waals surface area contributed by atoms with Crippen molar-refractivity contribution < 1.29 is 9.59 Å². The number of imide groups is 1. The Morgan fingerprint density at radius 1 is 1.13 bits per heavy atom. The molecule has 3 amide bonds. The number of benzene rings is 2. The second kappa shape index (κ2) is 6.41. The third-order valence-electron chi connectivity index (χ3n) is 3.46. The predicted octanol–water partition coefficient (Wildman–Crippen LogP) is 4.04. The van der Waals surface area contributed by atoms with Crippen molar-refractivity contribution in [1.29, 1.82) is 0 Å². The Bertz CT molecular complexity index is 902. The second-order valence-corrected chi connectivity index (χ2v) is 6.40. The van der Waals surface area contributed by atoms with Crippen LogP contribution >= 0.6 is 22.6 Å². The van der Waals surface area contributed by atoms with E-state index in [-0.39, 0.29) is 0 Å². The number of hydrogen-bond acceptors (Lipinski definition) is 2. The molecule has 2 aromatic carbocycles. The van der Waals surface area contributed by atoms with Crippen molar-refractivity contribution in [2.45, 2.75) is 6.92 Å². The van der Waals surface area contributed by atoms with Gasteiger partial charge in [-0.15, -0.1) is 0 Å². The van der Waals surface area contributed by atoms with Crippen LogP contribution in [0.1, 0.15) is 15.9 Å².